The highest BCUT2D eigenvalue weighted by Gasteiger charge is 2.43. The van der Waals surface area contributed by atoms with Crippen molar-refractivity contribution in [3.8, 4) is 22.6 Å². The number of carbonyl (C=O) groups is 1. The van der Waals surface area contributed by atoms with E-state index in [4.69, 9.17) is 23.2 Å². The minimum Gasteiger partial charge on any atom is -0.395 e. The Labute approximate surface area is 171 Å². The molecule has 0 fully saturated rings. The lowest BCUT2D eigenvalue weighted by molar-refractivity contribution is -0.286. The molecule has 1 aliphatic heterocycles. The van der Waals surface area contributed by atoms with Crippen molar-refractivity contribution in [3.63, 3.8) is 0 Å². The van der Waals surface area contributed by atoms with Crippen molar-refractivity contribution in [1.29, 1.82) is 0 Å². The average molecular weight is 444 g/mol. The van der Waals surface area contributed by atoms with E-state index in [0.29, 0.717) is 16.1 Å². The van der Waals surface area contributed by atoms with Crippen LogP contribution in [0, 0.1) is 6.92 Å². The van der Waals surface area contributed by atoms with Crippen molar-refractivity contribution in [2.24, 2.45) is 0 Å². The van der Waals surface area contributed by atoms with Crippen LogP contribution in [0.5, 0.6) is 11.5 Å². The van der Waals surface area contributed by atoms with Crippen LogP contribution in [-0.4, -0.2) is 21.6 Å². The minimum atomic E-state index is -3.73. The number of halogens is 4. The predicted octanol–water partition coefficient (Wildman–Crippen LogP) is 5.39. The highest BCUT2D eigenvalue weighted by Crippen LogP contribution is 2.46. The molecule has 2 aromatic heterocycles. The summed E-state index contributed by atoms with van der Waals surface area (Å²) in [5.41, 5.74) is 1.08. The third-order valence-corrected chi connectivity index (χ3v) is 5.45. The van der Waals surface area contributed by atoms with E-state index in [-0.39, 0.29) is 28.0 Å². The van der Waals surface area contributed by atoms with Crippen molar-refractivity contribution in [3.05, 3.63) is 51.1 Å². The summed E-state index contributed by atoms with van der Waals surface area (Å²) in [4.78, 5) is 17.1. The lowest BCUT2D eigenvalue weighted by Crippen LogP contribution is -2.25. The number of hydrogen-bond donors (Lipinski definition) is 1. The Kier molecular flexibility index (Phi) is 4.60. The summed E-state index contributed by atoms with van der Waals surface area (Å²) in [7, 11) is 0. The predicted molar refractivity (Wildman–Crippen MR) is 101 cm³/mol. The standard InChI is InChI=1S/C17H9Cl2F2N3O3S/c1-7-14(19)15(24-28-7)16(25)23-13-3-2-8(6-22-13)9-4-11-12(5-10(9)18)27-17(20,21)26-11/h2-6H,1H3,(H,22,23,25). The number of amides is 1. The van der Waals surface area contributed by atoms with Crippen molar-refractivity contribution >= 4 is 46.5 Å². The molecular formula is C17H9Cl2F2N3O3S. The molecule has 0 saturated heterocycles. The molecule has 0 aliphatic carbocycles. The van der Waals surface area contributed by atoms with Crippen molar-refractivity contribution < 1.29 is 23.0 Å². The molecular weight excluding hydrogens is 435 g/mol. The van der Waals surface area contributed by atoms with Gasteiger partial charge in [-0.3, -0.25) is 4.79 Å². The maximum Gasteiger partial charge on any atom is 0.586 e. The molecule has 1 aliphatic rings. The lowest BCUT2D eigenvalue weighted by atomic mass is 10.1. The van der Waals surface area contributed by atoms with Gasteiger partial charge in [-0.25, -0.2) is 4.98 Å². The monoisotopic (exact) mass is 443 g/mol. The van der Waals surface area contributed by atoms with Crippen LogP contribution in [0.25, 0.3) is 11.1 Å². The Morgan fingerprint density at radius 1 is 1.21 bits per heavy atom. The zero-order valence-electron chi connectivity index (χ0n) is 13.9. The first-order chi connectivity index (χ1) is 13.2. The van der Waals surface area contributed by atoms with Crippen LogP contribution < -0.4 is 14.8 Å². The van der Waals surface area contributed by atoms with Gasteiger partial charge in [0.25, 0.3) is 5.91 Å². The van der Waals surface area contributed by atoms with Gasteiger partial charge >= 0.3 is 6.29 Å². The molecule has 11 heteroatoms. The number of aryl methyl sites for hydroxylation is 1. The molecule has 1 aromatic carbocycles. The molecule has 4 rings (SSSR count). The first-order valence-electron chi connectivity index (χ1n) is 7.72. The molecule has 28 heavy (non-hydrogen) atoms. The van der Waals surface area contributed by atoms with Gasteiger partial charge in [-0.2, -0.15) is 4.37 Å². The van der Waals surface area contributed by atoms with Gasteiger partial charge in [0.1, 0.15) is 5.82 Å². The fourth-order valence-corrected chi connectivity index (χ4v) is 3.62. The molecule has 3 heterocycles. The zero-order valence-corrected chi connectivity index (χ0v) is 16.3. The van der Waals surface area contributed by atoms with E-state index in [0.717, 1.165) is 16.4 Å². The summed E-state index contributed by atoms with van der Waals surface area (Å²) in [6, 6.07) is 5.75. The Bertz CT molecular complexity index is 1090. The van der Waals surface area contributed by atoms with Crippen molar-refractivity contribution in [2.75, 3.05) is 5.32 Å². The number of hydrogen-bond acceptors (Lipinski definition) is 6. The van der Waals surface area contributed by atoms with E-state index in [9.17, 15) is 13.6 Å². The Balaban J connectivity index is 1.56. The van der Waals surface area contributed by atoms with Crippen LogP contribution in [0.3, 0.4) is 0 Å². The van der Waals surface area contributed by atoms with Gasteiger partial charge in [0.15, 0.2) is 17.2 Å². The first kappa shape index (κ1) is 18.9. The number of anilines is 1. The minimum absolute atomic E-state index is 0.120. The van der Waals surface area contributed by atoms with Gasteiger partial charge in [-0.05, 0) is 36.7 Å². The Hall–Kier alpha value is -2.49. The smallest absolute Gasteiger partial charge is 0.395 e. The molecule has 0 bridgehead atoms. The number of alkyl halides is 2. The maximum absolute atomic E-state index is 13.2. The molecule has 0 atom stereocenters. The van der Waals surface area contributed by atoms with E-state index in [1.807, 2.05) is 0 Å². The van der Waals surface area contributed by atoms with E-state index >= 15 is 0 Å². The number of nitrogens with one attached hydrogen (secondary N) is 1. The molecule has 0 unspecified atom stereocenters. The topological polar surface area (TPSA) is 73.3 Å². The lowest BCUT2D eigenvalue weighted by Gasteiger charge is -2.07. The number of benzene rings is 1. The number of pyridine rings is 1. The zero-order chi connectivity index (χ0) is 20.1. The van der Waals surface area contributed by atoms with Gasteiger partial charge in [-0.15, -0.1) is 8.78 Å². The Morgan fingerprint density at radius 2 is 1.93 bits per heavy atom. The summed E-state index contributed by atoms with van der Waals surface area (Å²) >= 11 is 13.3. The molecule has 3 aromatic rings. The van der Waals surface area contributed by atoms with Crippen molar-refractivity contribution in [2.45, 2.75) is 13.2 Å². The largest absolute Gasteiger partial charge is 0.586 e. The van der Waals surface area contributed by atoms with Crippen LogP contribution in [0.2, 0.25) is 10.0 Å². The fourth-order valence-electron chi connectivity index (χ4n) is 2.50. The number of ether oxygens (including phenoxy) is 2. The van der Waals surface area contributed by atoms with Crippen LogP contribution in [-0.2, 0) is 0 Å². The molecule has 1 amide bonds. The molecule has 144 valence electrons. The Morgan fingerprint density at radius 3 is 2.54 bits per heavy atom. The summed E-state index contributed by atoms with van der Waals surface area (Å²) in [5.74, 6) is -0.502. The van der Waals surface area contributed by atoms with Crippen molar-refractivity contribution in [1.82, 2.24) is 9.36 Å². The summed E-state index contributed by atoms with van der Waals surface area (Å²) in [6.45, 7) is 1.76. The maximum atomic E-state index is 13.2. The molecule has 0 spiro atoms. The van der Waals surface area contributed by atoms with Gasteiger partial charge in [0.2, 0.25) is 0 Å². The summed E-state index contributed by atoms with van der Waals surface area (Å²) < 4.78 is 39.2. The van der Waals surface area contributed by atoms with E-state index < -0.39 is 12.2 Å². The van der Waals surface area contributed by atoms with Gasteiger partial charge in [-0.1, -0.05) is 23.2 Å². The second-order valence-corrected chi connectivity index (χ2v) is 7.50. The molecule has 0 radical (unpaired) electrons. The van der Waals surface area contributed by atoms with E-state index in [1.165, 1.54) is 24.4 Å². The third-order valence-electron chi connectivity index (χ3n) is 3.81. The molecule has 6 nitrogen and oxygen atoms in total. The van der Waals surface area contributed by atoms with Crippen LogP contribution >= 0.6 is 34.7 Å². The average Bonchev–Trinajstić information content (AvgIpc) is 3.12. The van der Waals surface area contributed by atoms with Crippen LogP contribution in [0.1, 0.15) is 15.4 Å². The number of fused-ring (bicyclic) bond motifs is 1. The number of aromatic nitrogens is 2. The van der Waals surface area contributed by atoms with E-state index in [1.54, 1.807) is 13.0 Å². The van der Waals surface area contributed by atoms with Gasteiger partial charge in [0, 0.05) is 28.3 Å². The first-order valence-corrected chi connectivity index (χ1v) is 9.25. The third kappa shape index (κ3) is 3.48. The van der Waals surface area contributed by atoms with Gasteiger partial charge in [0.05, 0.1) is 10.0 Å². The summed E-state index contributed by atoms with van der Waals surface area (Å²) in [5, 5.41) is 3.07. The quantitative estimate of drug-likeness (QED) is 0.586. The van der Waals surface area contributed by atoms with Gasteiger partial charge < -0.3 is 14.8 Å². The second kappa shape index (κ2) is 6.84. The van der Waals surface area contributed by atoms with E-state index in [2.05, 4.69) is 24.1 Å². The second-order valence-electron chi connectivity index (χ2n) is 5.73. The highest BCUT2D eigenvalue weighted by atomic mass is 35.5. The normalized spacial score (nSPS) is 14.2. The number of rotatable bonds is 3. The number of nitrogens with zero attached hydrogens (tertiary/aromatic N) is 2. The molecule has 0 saturated carbocycles. The number of carbonyl (C=O) groups excluding carboxylic acids is 1. The molecule has 1 N–H and O–H groups in total. The van der Waals surface area contributed by atoms with Crippen LogP contribution in [0.15, 0.2) is 30.5 Å². The van der Waals surface area contributed by atoms with Crippen LogP contribution in [0.4, 0.5) is 14.6 Å². The summed E-state index contributed by atoms with van der Waals surface area (Å²) in [6.07, 6.45) is -2.29. The fraction of sp³-hybridized carbons (Fsp3) is 0.118. The SMILES string of the molecule is Cc1snc(C(=O)Nc2ccc(-c3cc4c(cc3Cl)OC(F)(F)O4)cn2)c1Cl. The highest BCUT2D eigenvalue weighted by molar-refractivity contribution is 7.06.